The molecular weight excluding hydrogens is 419 g/mol. The van der Waals surface area contributed by atoms with Gasteiger partial charge < -0.3 is 4.74 Å². The second-order valence-electron chi connectivity index (χ2n) is 6.93. The summed E-state index contributed by atoms with van der Waals surface area (Å²) in [7, 11) is -2.57. The molecule has 0 saturated carbocycles. The third-order valence-electron chi connectivity index (χ3n) is 4.87. The number of esters is 1. The SMILES string of the molecule is COC(=O)c1ccc(S(=O)(=O)NC2CCN(Cc3ccc(F)cc3)CC2)c(Cl)c1. The number of benzene rings is 2. The van der Waals surface area contributed by atoms with Crippen LogP contribution in [0.2, 0.25) is 5.02 Å². The second kappa shape index (κ2) is 9.21. The third-order valence-corrected chi connectivity index (χ3v) is 6.87. The Bertz CT molecular complexity index is 974. The van der Waals surface area contributed by atoms with Gasteiger partial charge in [0.1, 0.15) is 10.7 Å². The molecule has 0 aromatic heterocycles. The van der Waals surface area contributed by atoms with E-state index in [1.165, 1.54) is 37.4 Å². The van der Waals surface area contributed by atoms with Crippen molar-refractivity contribution in [1.29, 1.82) is 0 Å². The van der Waals surface area contributed by atoms with Crippen LogP contribution in [0.15, 0.2) is 47.4 Å². The first-order valence-corrected chi connectivity index (χ1v) is 11.0. The molecular formula is C20H22ClFN2O4S. The lowest BCUT2D eigenvalue weighted by Gasteiger charge is -2.32. The van der Waals surface area contributed by atoms with E-state index in [4.69, 9.17) is 11.6 Å². The quantitative estimate of drug-likeness (QED) is 0.698. The lowest BCUT2D eigenvalue weighted by Crippen LogP contribution is -2.44. The van der Waals surface area contributed by atoms with E-state index in [0.717, 1.165) is 18.7 Å². The molecule has 1 heterocycles. The highest BCUT2D eigenvalue weighted by molar-refractivity contribution is 7.89. The van der Waals surface area contributed by atoms with E-state index < -0.39 is 16.0 Å². The molecule has 0 spiro atoms. The number of nitrogens with zero attached hydrogens (tertiary/aromatic N) is 1. The first-order chi connectivity index (χ1) is 13.8. The predicted molar refractivity (Wildman–Crippen MR) is 108 cm³/mol. The van der Waals surface area contributed by atoms with Gasteiger partial charge in [0.15, 0.2) is 0 Å². The molecule has 3 rings (SSSR count). The van der Waals surface area contributed by atoms with E-state index in [1.807, 2.05) is 0 Å². The molecule has 1 N–H and O–H groups in total. The van der Waals surface area contributed by atoms with Crippen molar-refractivity contribution in [2.24, 2.45) is 0 Å². The molecule has 156 valence electrons. The average molecular weight is 441 g/mol. The lowest BCUT2D eigenvalue weighted by atomic mass is 10.1. The van der Waals surface area contributed by atoms with Crippen LogP contribution in [0.4, 0.5) is 4.39 Å². The van der Waals surface area contributed by atoms with Crippen molar-refractivity contribution in [3.63, 3.8) is 0 Å². The monoisotopic (exact) mass is 440 g/mol. The Morgan fingerprint density at radius 2 is 1.86 bits per heavy atom. The molecule has 2 aromatic carbocycles. The number of halogens is 2. The maximum absolute atomic E-state index is 13.0. The molecule has 1 fully saturated rings. The summed E-state index contributed by atoms with van der Waals surface area (Å²) >= 11 is 6.10. The van der Waals surface area contributed by atoms with E-state index in [2.05, 4.69) is 14.4 Å². The van der Waals surface area contributed by atoms with Gasteiger partial charge in [0.2, 0.25) is 10.0 Å². The summed E-state index contributed by atoms with van der Waals surface area (Å²) in [5, 5.41) is -0.0332. The lowest BCUT2D eigenvalue weighted by molar-refractivity contribution is 0.0600. The Kier molecular flexibility index (Phi) is 6.89. The van der Waals surface area contributed by atoms with E-state index in [-0.39, 0.29) is 27.3 Å². The highest BCUT2D eigenvalue weighted by Gasteiger charge is 2.26. The van der Waals surface area contributed by atoms with Gasteiger partial charge in [0, 0.05) is 25.7 Å². The molecule has 29 heavy (non-hydrogen) atoms. The maximum atomic E-state index is 13.0. The number of carbonyl (C=O) groups excluding carboxylic acids is 1. The van der Waals surface area contributed by atoms with E-state index in [9.17, 15) is 17.6 Å². The van der Waals surface area contributed by atoms with Crippen molar-refractivity contribution in [2.75, 3.05) is 20.2 Å². The van der Waals surface area contributed by atoms with Crippen LogP contribution in [-0.4, -0.2) is 45.5 Å². The first-order valence-electron chi connectivity index (χ1n) is 9.15. The summed E-state index contributed by atoms with van der Waals surface area (Å²) in [6.07, 6.45) is 1.30. The summed E-state index contributed by atoms with van der Waals surface area (Å²) in [6.45, 7) is 2.14. The van der Waals surface area contributed by atoms with E-state index >= 15 is 0 Å². The minimum absolute atomic E-state index is 0.0332. The zero-order valence-electron chi connectivity index (χ0n) is 15.9. The largest absolute Gasteiger partial charge is 0.465 e. The Morgan fingerprint density at radius 1 is 1.21 bits per heavy atom. The van der Waals surface area contributed by atoms with Crippen LogP contribution in [0.25, 0.3) is 0 Å². The fourth-order valence-electron chi connectivity index (χ4n) is 3.30. The van der Waals surface area contributed by atoms with Gasteiger partial charge >= 0.3 is 5.97 Å². The molecule has 6 nitrogen and oxygen atoms in total. The van der Waals surface area contributed by atoms with Crippen LogP contribution in [0.1, 0.15) is 28.8 Å². The summed E-state index contributed by atoms with van der Waals surface area (Å²) in [6, 6.07) is 10.1. The fourth-order valence-corrected chi connectivity index (χ4v) is 5.15. The number of hydrogen-bond donors (Lipinski definition) is 1. The highest BCUT2D eigenvalue weighted by atomic mass is 35.5. The Hall–Kier alpha value is -2.00. The molecule has 0 radical (unpaired) electrons. The predicted octanol–water partition coefficient (Wildman–Crippen LogP) is 3.21. The van der Waals surface area contributed by atoms with Crippen molar-refractivity contribution in [2.45, 2.75) is 30.3 Å². The summed E-state index contributed by atoms with van der Waals surface area (Å²) < 4.78 is 45.8. The molecule has 9 heteroatoms. The van der Waals surface area contributed by atoms with Gasteiger partial charge in [-0.25, -0.2) is 22.3 Å². The Labute approximate surface area is 174 Å². The fraction of sp³-hybridized carbons (Fsp3) is 0.350. The van der Waals surface area contributed by atoms with Gasteiger partial charge in [-0.05, 0) is 48.7 Å². The Morgan fingerprint density at radius 3 is 2.45 bits per heavy atom. The zero-order valence-corrected chi connectivity index (χ0v) is 17.5. The van der Waals surface area contributed by atoms with Crippen molar-refractivity contribution < 1.29 is 22.3 Å². The number of likely N-dealkylation sites (tertiary alicyclic amines) is 1. The molecule has 0 bridgehead atoms. The van der Waals surface area contributed by atoms with Crippen LogP contribution in [0.3, 0.4) is 0 Å². The molecule has 0 atom stereocenters. The van der Waals surface area contributed by atoms with E-state index in [0.29, 0.717) is 19.4 Å². The summed E-state index contributed by atoms with van der Waals surface area (Å²) in [4.78, 5) is 13.7. The molecule has 1 saturated heterocycles. The van der Waals surface area contributed by atoms with Crippen molar-refractivity contribution >= 4 is 27.6 Å². The smallest absolute Gasteiger partial charge is 0.337 e. The number of ether oxygens (including phenoxy) is 1. The number of sulfonamides is 1. The van der Waals surface area contributed by atoms with Gasteiger partial charge in [-0.15, -0.1) is 0 Å². The number of hydrogen-bond acceptors (Lipinski definition) is 5. The zero-order chi connectivity index (χ0) is 21.0. The van der Waals surface area contributed by atoms with Gasteiger partial charge in [-0.3, -0.25) is 4.90 Å². The first kappa shape index (κ1) is 21.7. The van der Waals surface area contributed by atoms with E-state index in [1.54, 1.807) is 12.1 Å². The van der Waals surface area contributed by atoms with Crippen molar-refractivity contribution in [3.05, 3.63) is 64.4 Å². The number of nitrogens with one attached hydrogen (secondary N) is 1. The minimum atomic E-state index is -3.82. The van der Waals surface area contributed by atoms with Gasteiger partial charge in [0.05, 0.1) is 17.7 Å². The van der Waals surface area contributed by atoms with Crippen LogP contribution < -0.4 is 4.72 Å². The molecule has 1 aliphatic rings. The number of rotatable bonds is 6. The normalized spacial score (nSPS) is 16.0. The maximum Gasteiger partial charge on any atom is 0.337 e. The molecule has 0 aliphatic carbocycles. The second-order valence-corrected chi connectivity index (χ2v) is 9.02. The number of carbonyl (C=O) groups is 1. The summed E-state index contributed by atoms with van der Waals surface area (Å²) in [5.74, 6) is -0.850. The molecule has 1 aliphatic heterocycles. The molecule has 0 amide bonds. The number of piperidine rings is 1. The van der Waals surface area contributed by atoms with Crippen LogP contribution >= 0.6 is 11.6 Å². The van der Waals surface area contributed by atoms with Gasteiger partial charge in [-0.1, -0.05) is 23.7 Å². The van der Waals surface area contributed by atoms with Crippen molar-refractivity contribution in [1.82, 2.24) is 9.62 Å². The molecule has 0 unspecified atom stereocenters. The minimum Gasteiger partial charge on any atom is -0.465 e. The average Bonchev–Trinajstić information content (AvgIpc) is 2.70. The van der Waals surface area contributed by atoms with Crippen molar-refractivity contribution in [3.8, 4) is 0 Å². The summed E-state index contributed by atoms with van der Waals surface area (Å²) in [5.41, 5.74) is 1.20. The molecule has 2 aromatic rings. The highest BCUT2D eigenvalue weighted by Crippen LogP contribution is 2.24. The van der Waals surface area contributed by atoms with Crippen LogP contribution in [0, 0.1) is 5.82 Å². The van der Waals surface area contributed by atoms with Crippen LogP contribution in [0.5, 0.6) is 0 Å². The third kappa shape index (κ3) is 5.54. The Balaban J connectivity index is 1.59. The number of methoxy groups -OCH3 is 1. The van der Waals surface area contributed by atoms with Gasteiger partial charge in [0.25, 0.3) is 0 Å². The topological polar surface area (TPSA) is 75.7 Å². The van der Waals surface area contributed by atoms with Crippen LogP contribution in [-0.2, 0) is 21.3 Å². The van der Waals surface area contributed by atoms with Gasteiger partial charge in [-0.2, -0.15) is 0 Å². The standard InChI is InChI=1S/C20H22ClFN2O4S/c1-28-20(25)15-4-7-19(18(21)12-15)29(26,27)23-17-8-10-24(11-9-17)13-14-2-5-16(22)6-3-14/h2-7,12,17,23H,8-11,13H2,1H3.